The van der Waals surface area contributed by atoms with E-state index in [1.807, 2.05) is 12.1 Å². The molecule has 1 aliphatic carbocycles. The standard InChI is InChI=1S/C12H14N2O/c13-8-9-2-1-3-11-10(9)4-5-12(11)14-6-7-15/h1-3,12,14-15H,4-7H2/t12-/m1/s1. The second-order valence-corrected chi connectivity index (χ2v) is 3.75. The summed E-state index contributed by atoms with van der Waals surface area (Å²) >= 11 is 0. The minimum Gasteiger partial charge on any atom is -0.395 e. The van der Waals surface area contributed by atoms with Gasteiger partial charge >= 0.3 is 0 Å². The first-order valence-electron chi connectivity index (χ1n) is 5.23. The van der Waals surface area contributed by atoms with Crippen LogP contribution in [0.2, 0.25) is 0 Å². The highest BCUT2D eigenvalue weighted by atomic mass is 16.3. The monoisotopic (exact) mass is 202 g/mol. The molecule has 1 atom stereocenters. The molecule has 1 aromatic carbocycles. The molecule has 2 rings (SSSR count). The molecule has 3 heteroatoms. The molecule has 0 fully saturated rings. The van der Waals surface area contributed by atoms with Crippen molar-refractivity contribution in [3.05, 3.63) is 34.9 Å². The molecule has 0 bridgehead atoms. The number of hydrogen-bond acceptors (Lipinski definition) is 3. The highest BCUT2D eigenvalue weighted by Gasteiger charge is 2.23. The smallest absolute Gasteiger partial charge is 0.0994 e. The first-order valence-corrected chi connectivity index (χ1v) is 5.23. The van der Waals surface area contributed by atoms with Crippen molar-refractivity contribution in [2.24, 2.45) is 0 Å². The Hall–Kier alpha value is -1.37. The largest absolute Gasteiger partial charge is 0.395 e. The quantitative estimate of drug-likeness (QED) is 0.772. The summed E-state index contributed by atoms with van der Waals surface area (Å²) in [5, 5.41) is 21.0. The highest BCUT2D eigenvalue weighted by molar-refractivity contribution is 5.46. The van der Waals surface area contributed by atoms with Crippen LogP contribution in [0.25, 0.3) is 0 Å². The Labute approximate surface area is 89.4 Å². The molecule has 0 saturated carbocycles. The van der Waals surface area contributed by atoms with E-state index in [0.29, 0.717) is 12.6 Å². The van der Waals surface area contributed by atoms with E-state index in [1.165, 1.54) is 11.1 Å². The summed E-state index contributed by atoms with van der Waals surface area (Å²) in [5.41, 5.74) is 3.19. The maximum Gasteiger partial charge on any atom is 0.0994 e. The third-order valence-corrected chi connectivity index (χ3v) is 2.89. The Kier molecular flexibility index (Phi) is 3.00. The van der Waals surface area contributed by atoms with Gasteiger partial charge in [-0.3, -0.25) is 0 Å². The van der Waals surface area contributed by atoms with Gasteiger partial charge in [0.1, 0.15) is 0 Å². The highest BCUT2D eigenvalue weighted by Crippen LogP contribution is 2.32. The fourth-order valence-electron chi connectivity index (χ4n) is 2.21. The first kappa shape index (κ1) is 10.2. The number of aliphatic hydroxyl groups is 1. The number of benzene rings is 1. The fourth-order valence-corrected chi connectivity index (χ4v) is 2.21. The van der Waals surface area contributed by atoms with Crippen LogP contribution in [-0.4, -0.2) is 18.3 Å². The zero-order chi connectivity index (χ0) is 10.7. The van der Waals surface area contributed by atoms with Crippen LogP contribution in [0.4, 0.5) is 0 Å². The van der Waals surface area contributed by atoms with Crippen molar-refractivity contribution in [3.8, 4) is 6.07 Å². The molecular formula is C12H14N2O. The summed E-state index contributed by atoms with van der Waals surface area (Å²) in [7, 11) is 0. The summed E-state index contributed by atoms with van der Waals surface area (Å²) in [5.74, 6) is 0. The van der Waals surface area contributed by atoms with Crippen LogP contribution >= 0.6 is 0 Å². The Bertz CT molecular complexity index is 395. The zero-order valence-corrected chi connectivity index (χ0v) is 8.53. The second kappa shape index (κ2) is 4.43. The average molecular weight is 202 g/mol. The molecule has 15 heavy (non-hydrogen) atoms. The maximum absolute atomic E-state index is 8.95. The van der Waals surface area contributed by atoms with Crippen molar-refractivity contribution in [1.82, 2.24) is 5.32 Å². The summed E-state index contributed by atoms with van der Waals surface area (Å²) in [6, 6.07) is 8.40. The Morgan fingerprint density at radius 1 is 1.53 bits per heavy atom. The molecule has 0 radical (unpaired) electrons. The normalized spacial score (nSPS) is 18.5. The van der Waals surface area contributed by atoms with Crippen LogP contribution in [0.15, 0.2) is 18.2 Å². The molecule has 1 aromatic rings. The van der Waals surface area contributed by atoms with Crippen LogP contribution in [0.1, 0.15) is 29.2 Å². The van der Waals surface area contributed by atoms with Crippen LogP contribution in [0.5, 0.6) is 0 Å². The van der Waals surface area contributed by atoms with E-state index >= 15 is 0 Å². The number of fused-ring (bicyclic) bond motifs is 1. The Balaban J connectivity index is 2.24. The van der Waals surface area contributed by atoms with Crippen LogP contribution in [-0.2, 0) is 6.42 Å². The molecule has 78 valence electrons. The predicted octanol–water partition coefficient (Wildman–Crippen LogP) is 1.13. The topological polar surface area (TPSA) is 56.0 Å². The molecule has 0 aliphatic heterocycles. The number of hydrogen-bond donors (Lipinski definition) is 2. The third kappa shape index (κ3) is 1.87. The molecule has 0 heterocycles. The predicted molar refractivity (Wildman–Crippen MR) is 57.3 cm³/mol. The molecule has 3 nitrogen and oxygen atoms in total. The molecule has 0 amide bonds. The maximum atomic E-state index is 8.95. The van der Waals surface area contributed by atoms with Gasteiger partial charge in [-0.15, -0.1) is 0 Å². The van der Waals surface area contributed by atoms with Crippen molar-refractivity contribution in [2.75, 3.05) is 13.2 Å². The van der Waals surface area contributed by atoms with Crippen molar-refractivity contribution >= 4 is 0 Å². The lowest BCUT2D eigenvalue weighted by Crippen LogP contribution is -2.22. The molecular weight excluding hydrogens is 188 g/mol. The van der Waals surface area contributed by atoms with E-state index in [9.17, 15) is 0 Å². The molecule has 0 spiro atoms. The molecule has 1 aliphatic rings. The Morgan fingerprint density at radius 2 is 2.40 bits per heavy atom. The second-order valence-electron chi connectivity index (χ2n) is 3.75. The molecule has 2 N–H and O–H groups in total. The molecule has 0 unspecified atom stereocenters. The van der Waals surface area contributed by atoms with Gasteiger partial charge in [-0.1, -0.05) is 12.1 Å². The van der Waals surface area contributed by atoms with Crippen molar-refractivity contribution in [3.63, 3.8) is 0 Å². The van der Waals surface area contributed by atoms with Crippen molar-refractivity contribution in [2.45, 2.75) is 18.9 Å². The van der Waals surface area contributed by atoms with Crippen molar-refractivity contribution in [1.29, 1.82) is 5.26 Å². The SMILES string of the molecule is N#Cc1cccc2c1CC[C@H]2NCCO. The summed E-state index contributed by atoms with van der Waals surface area (Å²) in [4.78, 5) is 0. The van der Waals surface area contributed by atoms with Gasteiger partial charge in [-0.05, 0) is 30.0 Å². The van der Waals surface area contributed by atoms with Gasteiger partial charge in [0.15, 0.2) is 0 Å². The number of nitriles is 1. The van der Waals surface area contributed by atoms with Gasteiger partial charge < -0.3 is 10.4 Å². The third-order valence-electron chi connectivity index (χ3n) is 2.89. The van der Waals surface area contributed by atoms with Crippen LogP contribution in [0, 0.1) is 11.3 Å². The lowest BCUT2D eigenvalue weighted by Gasteiger charge is -2.12. The van der Waals surface area contributed by atoms with E-state index in [-0.39, 0.29) is 6.61 Å². The van der Waals surface area contributed by atoms with E-state index in [0.717, 1.165) is 18.4 Å². The average Bonchev–Trinajstić information content (AvgIpc) is 2.69. The zero-order valence-electron chi connectivity index (χ0n) is 8.53. The fraction of sp³-hybridized carbons (Fsp3) is 0.417. The molecule has 0 aromatic heterocycles. The van der Waals surface area contributed by atoms with Gasteiger partial charge in [-0.2, -0.15) is 5.26 Å². The van der Waals surface area contributed by atoms with Gasteiger partial charge in [0.2, 0.25) is 0 Å². The van der Waals surface area contributed by atoms with Crippen LogP contribution < -0.4 is 5.32 Å². The number of nitrogens with zero attached hydrogens (tertiary/aromatic N) is 1. The summed E-state index contributed by atoms with van der Waals surface area (Å²) in [6.45, 7) is 0.769. The lowest BCUT2D eigenvalue weighted by molar-refractivity contribution is 0.284. The van der Waals surface area contributed by atoms with Gasteiger partial charge in [0.05, 0.1) is 18.2 Å². The Morgan fingerprint density at radius 3 is 3.13 bits per heavy atom. The first-order chi connectivity index (χ1) is 7.36. The molecule has 0 saturated heterocycles. The summed E-state index contributed by atoms with van der Waals surface area (Å²) < 4.78 is 0. The number of rotatable bonds is 3. The van der Waals surface area contributed by atoms with Gasteiger partial charge in [-0.25, -0.2) is 0 Å². The number of aliphatic hydroxyl groups excluding tert-OH is 1. The number of nitrogens with one attached hydrogen (secondary N) is 1. The summed E-state index contributed by atoms with van der Waals surface area (Å²) in [6.07, 6.45) is 1.98. The minimum atomic E-state index is 0.157. The van der Waals surface area contributed by atoms with E-state index in [4.69, 9.17) is 10.4 Å². The van der Waals surface area contributed by atoms with E-state index in [1.54, 1.807) is 0 Å². The van der Waals surface area contributed by atoms with Crippen molar-refractivity contribution < 1.29 is 5.11 Å². The van der Waals surface area contributed by atoms with Crippen LogP contribution in [0.3, 0.4) is 0 Å². The lowest BCUT2D eigenvalue weighted by atomic mass is 10.0. The van der Waals surface area contributed by atoms with Gasteiger partial charge in [0, 0.05) is 12.6 Å². The minimum absolute atomic E-state index is 0.157. The van der Waals surface area contributed by atoms with Gasteiger partial charge in [0.25, 0.3) is 0 Å². The van der Waals surface area contributed by atoms with E-state index < -0.39 is 0 Å². The van der Waals surface area contributed by atoms with E-state index in [2.05, 4.69) is 17.5 Å².